The zero-order valence-corrected chi connectivity index (χ0v) is 8.17. The smallest absolute Gasteiger partial charge is 0.266 e. The van der Waals surface area contributed by atoms with Crippen LogP contribution in [-0.4, -0.2) is 21.3 Å². The Bertz CT molecular complexity index is 175. The number of hydrogen-bond donors (Lipinski definition) is 0. The van der Waals surface area contributed by atoms with Crippen LogP contribution in [0.15, 0.2) is 0 Å². The highest BCUT2D eigenvalue weighted by molar-refractivity contribution is 7.12. The number of nitrogens with zero attached hydrogens (tertiary/aromatic N) is 1. The lowest BCUT2D eigenvalue weighted by atomic mass is 10.6. The minimum Gasteiger partial charge on any atom is -0.266 e. The number of aromatic nitrogens is 1. The van der Waals surface area contributed by atoms with Crippen LogP contribution >= 0.6 is 11.3 Å². The van der Waals surface area contributed by atoms with Crippen molar-refractivity contribution < 1.29 is 0 Å². The van der Waals surface area contributed by atoms with Crippen LogP contribution in [0.1, 0.15) is 9.88 Å². The molecular weight excluding hydrogens is 133 g/mol. The molecule has 0 atom stereocenters. The molecule has 0 radical (unpaired) electrons. The summed E-state index contributed by atoms with van der Waals surface area (Å²) >= 11 is 2.89. The second-order valence-corrected chi connectivity index (χ2v) is 4.23. The second-order valence-electron chi connectivity index (χ2n) is 1.87. The molecule has 0 N–H and O–H groups in total. The highest BCUT2D eigenvalue weighted by Crippen LogP contribution is 2.05. The fourth-order valence-electron chi connectivity index (χ4n) is 0.633. The number of rotatable bonds is 0. The molecule has 3 heteroatoms. The first kappa shape index (κ1) is 6.28. The highest BCUT2D eigenvalue weighted by Gasteiger charge is 1.95. The van der Waals surface area contributed by atoms with Crippen LogP contribution in [0.2, 0.25) is 0 Å². The Morgan fingerprint density at radius 2 is 2.12 bits per heavy atom. The van der Waals surface area contributed by atoms with Gasteiger partial charge in [-0.05, 0) is 18.4 Å². The van der Waals surface area contributed by atoms with E-state index in [-0.39, 0.29) is 0 Å². The van der Waals surface area contributed by atoms with Gasteiger partial charge in [0, 0.05) is 4.88 Å². The Morgan fingerprint density at radius 3 is 2.25 bits per heavy atom. The summed E-state index contributed by atoms with van der Waals surface area (Å²) in [6.07, 6.45) is 0. The number of aryl methyl sites for hydroxylation is 2. The third kappa shape index (κ3) is 1.11. The summed E-state index contributed by atoms with van der Waals surface area (Å²) in [5, 5.41) is 1.20. The van der Waals surface area contributed by atoms with E-state index in [1.54, 1.807) is 11.3 Å². The molecule has 1 heterocycles. The first-order chi connectivity index (χ1) is 3.70. The minimum absolute atomic E-state index is 1.10. The molecule has 1 rings (SSSR count). The second kappa shape index (κ2) is 2.18. The van der Waals surface area contributed by atoms with E-state index in [1.165, 1.54) is 14.4 Å². The van der Waals surface area contributed by atoms with E-state index in [4.69, 9.17) is 0 Å². The Kier molecular flexibility index (Phi) is 1.72. The molecule has 0 saturated carbocycles. The van der Waals surface area contributed by atoms with E-state index < -0.39 is 0 Å². The number of hydrogen-bond acceptors (Lipinski definition) is 2. The fourth-order valence-corrected chi connectivity index (χ4v) is 2.26. The third-order valence-corrected chi connectivity index (χ3v) is 3.46. The Hall–Kier alpha value is 0.162. The maximum Gasteiger partial charge on any atom is 0.291 e. The topological polar surface area (TPSA) is 12.9 Å². The molecule has 0 aromatic carbocycles. The molecule has 0 aliphatic heterocycles. The molecule has 0 amide bonds. The summed E-state index contributed by atoms with van der Waals surface area (Å²) in [5.41, 5.74) is 0. The first-order valence-corrected chi connectivity index (χ1v) is 4.42. The van der Waals surface area contributed by atoms with Crippen LogP contribution in [0, 0.1) is 13.8 Å². The molecule has 1 aromatic rings. The molecule has 0 unspecified atom stereocenters. The molecule has 0 saturated heterocycles. The number of thiazole rings is 1. The summed E-state index contributed by atoms with van der Waals surface area (Å²) in [6, 6.07) is 0. The Balaban J connectivity index is 3.14. The SMILES string of the molecule is Cc1n[c]([AlH2])c(C)s1. The quantitative estimate of drug-likeness (QED) is 0.464. The highest BCUT2D eigenvalue weighted by atomic mass is 32.1. The van der Waals surface area contributed by atoms with E-state index >= 15 is 0 Å². The van der Waals surface area contributed by atoms with Gasteiger partial charge in [0.05, 0.1) is 5.01 Å². The predicted molar refractivity (Wildman–Crippen MR) is 39.8 cm³/mol. The van der Waals surface area contributed by atoms with Crippen molar-refractivity contribution in [3.63, 3.8) is 0 Å². The van der Waals surface area contributed by atoms with Gasteiger partial charge in [0.15, 0.2) is 0 Å². The first-order valence-electron chi connectivity index (χ1n) is 2.61. The van der Waals surface area contributed by atoms with Crippen molar-refractivity contribution in [3.05, 3.63) is 9.88 Å². The molecule has 0 aliphatic carbocycles. The molecule has 8 heavy (non-hydrogen) atoms. The van der Waals surface area contributed by atoms with Crippen molar-refractivity contribution in [1.82, 2.24) is 4.98 Å². The van der Waals surface area contributed by atoms with E-state index in [9.17, 15) is 0 Å². The maximum absolute atomic E-state index is 4.29. The van der Waals surface area contributed by atoms with Gasteiger partial charge in [0.25, 0.3) is 16.3 Å². The van der Waals surface area contributed by atoms with Crippen molar-refractivity contribution in [2.45, 2.75) is 13.8 Å². The molecule has 0 spiro atoms. The average Bonchev–Trinajstić information content (AvgIpc) is 1.85. The van der Waals surface area contributed by atoms with Gasteiger partial charge in [0.2, 0.25) is 0 Å². The van der Waals surface area contributed by atoms with Crippen LogP contribution in [0.4, 0.5) is 0 Å². The van der Waals surface area contributed by atoms with Crippen molar-refractivity contribution >= 4 is 32.2 Å². The largest absolute Gasteiger partial charge is 0.291 e. The van der Waals surface area contributed by atoms with Gasteiger partial charge in [-0.3, -0.25) is 4.98 Å². The molecule has 0 bridgehead atoms. The van der Waals surface area contributed by atoms with Gasteiger partial charge >= 0.3 is 0 Å². The van der Waals surface area contributed by atoms with E-state index in [2.05, 4.69) is 18.8 Å². The fraction of sp³-hybridized carbons (Fsp3) is 0.400. The van der Waals surface area contributed by atoms with Gasteiger partial charge in [-0.1, -0.05) is 0 Å². The summed E-state index contributed by atoms with van der Waals surface area (Å²) in [6.45, 7) is 4.19. The van der Waals surface area contributed by atoms with Crippen LogP contribution in [0.3, 0.4) is 0 Å². The van der Waals surface area contributed by atoms with Crippen LogP contribution in [0.25, 0.3) is 0 Å². The average molecular weight is 141 g/mol. The molecule has 42 valence electrons. The molecule has 0 aliphatic rings. The van der Waals surface area contributed by atoms with Gasteiger partial charge in [-0.25, -0.2) is 0 Å². The monoisotopic (exact) mass is 141 g/mol. The summed E-state index contributed by atoms with van der Waals surface area (Å²) < 4.78 is 1.31. The van der Waals surface area contributed by atoms with E-state index in [0.29, 0.717) is 0 Å². The van der Waals surface area contributed by atoms with Gasteiger partial charge < -0.3 is 0 Å². The van der Waals surface area contributed by atoms with Crippen molar-refractivity contribution in [2.75, 3.05) is 0 Å². The van der Waals surface area contributed by atoms with Crippen LogP contribution in [0.5, 0.6) is 0 Å². The molecule has 1 nitrogen and oxygen atoms in total. The van der Waals surface area contributed by atoms with Crippen LogP contribution < -0.4 is 4.56 Å². The van der Waals surface area contributed by atoms with Crippen molar-refractivity contribution in [3.8, 4) is 0 Å². The lowest BCUT2D eigenvalue weighted by Gasteiger charge is -1.78. The van der Waals surface area contributed by atoms with E-state index in [1.807, 2.05) is 0 Å². The van der Waals surface area contributed by atoms with Crippen molar-refractivity contribution in [1.29, 1.82) is 0 Å². The summed E-state index contributed by atoms with van der Waals surface area (Å²) in [4.78, 5) is 5.69. The zero-order valence-electron chi connectivity index (χ0n) is 5.36. The summed E-state index contributed by atoms with van der Waals surface area (Å²) in [5.74, 6) is 0. The molecule has 0 fully saturated rings. The van der Waals surface area contributed by atoms with Crippen LogP contribution in [-0.2, 0) is 0 Å². The normalized spacial score (nSPS) is 9.75. The Labute approximate surface area is 61.2 Å². The molecular formula is C5H8AlNS. The van der Waals surface area contributed by atoms with Gasteiger partial charge in [-0.15, -0.1) is 11.3 Å². The standard InChI is InChI=1S/C5H6NS.Al.2H/c1-4-3-6-5(2)7-4;;;/h1-2H3;;;. The zero-order chi connectivity index (χ0) is 6.15. The van der Waals surface area contributed by atoms with Gasteiger partial charge in [0.1, 0.15) is 0 Å². The third-order valence-electron chi connectivity index (χ3n) is 1.14. The van der Waals surface area contributed by atoms with Crippen molar-refractivity contribution in [2.24, 2.45) is 0 Å². The molecule has 1 aromatic heterocycles. The lowest BCUT2D eigenvalue weighted by molar-refractivity contribution is 1.33. The lowest BCUT2D eigenvalue weighted by Crippen LogP contribution is -2.05. The summed E-state index contributed by atoms with van der Waals surface area (Å²) in [7, 11) is 0. The predicted octanol–water partition coefficient (Wildman–Crippen LogP) is 0.0183. The Morgan fingerprint density at radius 1 is 1.50 bits per heavy atom. The van der Waals surface area contributed by atoms with Gasteiger partial charge in [-0.2, -0.15) is 0 Å². The maximum atomic E-state index is 4.29. The minimum atomic E-state index is 1.10. The van der Waals surface area contributed by atoms with E-state index in [0.717, 1.165) is 16.3 Å².